The molecule has 5 nitrogen and oxygen atoms in total. The number of thiophene rings is 1. The van der Waals surface area contributed by atoms with Crippen LogP contribution in [0.25, 0.3) is 0 Å². The SMILES string of the molecule is CCOC(=O)c1c(N=Cc2cc(Cl)c(OCc3ccc(Cl)cc3Cl)c(OC)c2)sc2c1CCCC2. The molecule has 35 heavy (non-hydrogen) atoms. The Hall–Kier alpha value is -2.25. The van der Waals surface area contributed by atoms with Gasteiger partial charge in [-0.15, -0.1) is 11.3 Å². The first kappa shape index (κ1) is 25.8. The van der Waals surface area contributed by atoms with Crippen LogP contribution < -0.4 is 9.47 Å². The number of methoxy groups -OCH3 is 1. The number of aryl methyl sites for hydroxylation is 1. The quantitative estimate of drug-likeness (QED) is 0.209. The fourth-order valence-corrected chi connectivity index (χ4v) is 5.89. The topological polar surface area (TPSA) is 57.1 Å². The third-order valence-electron chi connectivity index (χ3n) is 5.60. The number of esters is 1. The lowest BCUT2D eigenvalue weighted by molar-refractivity contribution is 0.0526. The predicted octanol–water partition coefficient (Wildman–Crippen LogP) is 8.10. The average molecular weight is 553 g/mol. The van der Waals surface area contributed by atoms with Crippen LogP contribution >= 0.6 is 46.1 Å². The third-order valence-corrected chi connectivity index (χ3v) is 7.67. The zero-order chi connectivity index (χ0) is 24.9. The Bertz CT molecular complexity index is 1270. The predicted molar refractivity (Wildman–Crippen MR) is 143 cm³/mol. The molecule has 0 fully saturated rings. The average Bonchev–Trinajstić information content (AvgIpc) is 3.21. The molecule has 9 heteroatoms. The van der Waals surface area contributed by atoms with E-state index >= 15 is 0 Å². The van der Waals surface area contributed by atoms with Gasteiger partial charge in [0.1, 0.15) is 11.6 Å². The summed E-state index contributed by atoms with van der Waals surface area (Å²) in [6, 6.07) is 8.73. The fourth-order valence-electron chi connectivity index (χ4n) is 3.93. The highest BCUT2D eigenvalue weighted by atomic mass is 35.5. The zero-order valence-corrected chi connectivity index (χ0v) is 22.4. The van der Waals surface area contributed by atoms with Crippen LogP contribution in [0, 0.1) is 0 Å². The normalized spacial score (nSPS) is 13.1. The summed E-state index contributed by atoms with van der Waals surface area (Å²) in [5.74, 6) is 0.538. The number of fused-ring (bicyclic) bond motifs is 1. The van der Waals surface area contributed by atoms with Crippen molar-refractivity contribution in [3.05, 3.63) is 72.5 Å². The van der Waals surface area contributed by atoms with Gasteiger partial charge in [0.2, 0.25) is 0 Å². The van der Waals surface area contributed by atoms with Crippen molar-refractivity contribution in [3.63, 3.8) is 0 Å². The van der Waals surface area contributed by atoms with Crippen LogP contribution in [0.5, 0.6) is 11.5 Å². The van der Waals surface area contributed by atoms with Crippen LogP contribution in [0.1, 0.15) is 51.7 Å². The Morgan fingerprint density at radius 3 is 2.66 bits per heavy atom. The molecule has 0 aliphatic heterocycles. The van der Waals surface area contributed by atoms with Crippen molar-refractivity contribution in [1.82, 2.24) is 0 Å². The van der Waals surface area contributed by atoms with Gasteiger partial charge in [0, 0.05) is 26.7 Å². The Morgan fingerprint density at radius 1 is 1.11 bits per heavy atom. The van der Waals surface area contributed by atoms with Crippen molar-refractivity contribution in [2.24, 2.45) is 4.99 Å². The molecular weight excluding hydrogens is 529 g/mol. The van der Waals surface area contributed by atoms with E-state index in [0.717, 1.165) is 36.8 Å². The molecular formula is C26H24Cl3NO4S. The van der Waals surface area contributed by atoms with Crippen LogP contribution in [-0.4, -0.2) is 25.9 Å². The Kier molecular flexibility index (Phi) is 8.60. The van der Waals surface area contributed by atoms with E-state index in [2.05, 4.69) is 4.99 Å². The maximum atomic E-state index is 12.7. The highest BCUT2D eigenvalue weighted by molar-refractivity contribution is 7.16. The Labute approximate surface area is 223 Å². The van der Waals surface area contributed by atoms with Crippen molar-refractivity contribution in [2.75, 3.05) is 13.7 Å². The summed E-state index contributed by atoms with van der Waals surface area (Å²) in [5, 5.41) is 2.08. The maximum absolute atomic E-state index is 12.7. The molecule has 3 aromatic rings. The molecule has 0 N–H and O–H groups in total. The number of hydrogen-bond donors (Lipinski definition) is 0. The van der Waals surface area contributed by atoms with Gasteiger partial charge in [0.25, 0.3) is 0 Å². The first-order valence-electron chi connectivity index (χ1n) is 11.2. The van der Waals surface area contributed by atoms with Crippen molar-refractivity contribution in [2.45, 2.75) is 39.2 Å². The number of carbonyl (C=O) groups excluding carboxylic acids is 1. The molecule has 1 aliphatic rings. The maximum Gasteiger partial charge on any atom is 0.341 e. The highest BCUT2D eigenvalue weighted by Gasteiger charge is 2.26. The molecule has 184 valence electrons. The van der Waals surface area contributed by atoms with Gasteiger partial charge in [-0.3, -0.25) is 0 Å². The van der Waals surface area contributed by atoms with E-state index in [1.807, 2.05) is 0 Å². The van der Waals surface area contributed by atoms with E-state index in [1.54, 1.807) is 61.9 Å². The fraction of sp³-hybridized carbons (Fsp3) is 0.308. The zero-order valence-electron chi connectivity index (χ0n) is 19.3. The van der Waals surface area contributed by atoms with Crippen molar-refractivity contribution in [1.29, 1.82) is 0 Å². The summed E-state index contributed by atoms with van der Waals surface area (Å²) >= 11 is 20.3. The van der Waals surface area contributed by atoms with Gasteiger partial charge in [-0.25, -0.2) is 9.79 Å². The number of hydrogen-bond acceptors (Lipinski definition) is 6. The Morgan fingerprint density at radius 2 is 1.91 bits per heavy atom. The van der Waals surface area contributed by atoms with Crippen LogP contribution in [0.15, 0.2) is 35.3 Å². The van der Waals surface area contributed by atoms with E-state index in [4.69, 9.17) is 49.0 Å². The van der Waals surface area contributed by atoms with E-state index in [-0.39, 0.29) is 12.6 Å². The first-order chi connectivity index (χ1) is 16.9. The number of carbonyl (C=O) groups is 1. The summed E-state index contributed by atoms with van der Waals surface area (Å²) < 4.78 is 16.8. The molecule has 0 radical (unpaired) electrons. The van der Waals surface area contributed by atoms with Crippen molar-refractivity contribution < 1.29 is 19.0 Å². The second-order valence-electron chi connectivity index (χ2n) is 7.93. The van der Waals surface area contributed by atoms with Gasteiger partial charge in [-0.05, 0) is 68.0 Å². The summed E-state index contributed by atoms with van der Waals surface area (Å²) in [4.78, 5) is 18.5. The lowest BCUT2D eigenvalue weighted by atomic mass is 9.95. The molecule has 0 atom stereocenters. The third kappa shape index (κ3) is 5.95. The number of aliphatic imine (C=N–C) groups is 1. The van der Waals surface area contributed by atoms with E-state index in [1.165, 1.54) is 4.88 Å². The molecule has 0 saturated carbocycles. The van der Waals surface area contributed by atoms with Gasteiger partial charge >= 0.3 is 5.97 Å². The number of ether oxygens (including phenoxy) is 3. The van der Waals surface area contributed by atoms with Gasteiger partial charge in [-0.2, -0.15) is 0 Å². The summed E-state index contributed by atoms with van der Waals surface area (Å²) in [6.07, 6.45) is 5.70. The number of benzene rings is 2. The van der Waals surface area contributed by atoms with Gasteiger partial charge in [0.05, 0.1) is 24.3 Å². The lowest BCUT2D eigenvalue weighted by Gasteiger charge is -2.14. The summed E-state index contributed by atoms with van der Waals surface area (Å²) in [6.45, 7) is 2.32. The molecule has 0 bridgehead atoms. The van der Waals surface area contributed by atoms with Crippen LogP contribution in [0.4, 0.5) is 5.00 Å². The smallest absolute Gasteiger partial charge is 0.341 e. The van der Waals surface area contributed by atoms with Crippen LogP contribution in [-0.2, 0) is 24.2 Å². The molecule has 4 rings (SSSR count). The molecule has 0 unspecified atom stereocenters. The van der Waals surface area contributed by atoms with Gasteiger partial charge < -0.3 is 14.2 Å². The lowest BCUT2D eigenvalue weighted by Crippen LogP contribution is -2.09. The highest BCUT2D eigenvalue weighted by Crippen LogP contribution is 2.41. The summed E-state index contributed by atoms with van der Waals surface area (Å²) in [7, 11) is 1.54. The largest absolute Gasteiger partial charge is 0.493 e. The number of nitrogens with zero attached hydrogens (tertiary/aromatic N) is 1. The standard InChI is InChI=1S/C26H24Cl3NO4S/c1-3-33-26(31)23-18-6-4-5-7-22(18)35-25(23)30-13-15-10-20(29)24(21(11-15)32-2)34-14-16-8-9-17(27)12-19(16)28/h8-13H,3-7,14H2,1-2H3. The molecule has 2 aromatic carbocycles. The van der Waals surface area contributed by atoms with Gasteiger partial charge in [-0.1, -0.05) is 40.9 Å². The first-order valence-corrected chi connectivity index (χ1v) is 13.2. The van der Waals surface area contributed by atoms with E-state index < -0.39 is 0 Å². The second-order valence-corrected chi connectivity index (χ2v) is 10.3. The monoisotopic (exact) mass is 551 g/mol. The second kappa shape index (κ2) is 11.7. The molecule has 0 saturated heterocycles. The van der Waals surface area contributed by atoms with Crippen LogP contribution in [0.2, 0.25) is 15.1 Å². The van der Waals surface area contributed by atoms with Crippen molar-refractivity contribution >= 4 is 63.3 Å². The number of halogens is 3. The minimum absolute atomic E-state index is 0.198. The molecule has 0 amide bonds. The van der Waals surface area contributed by atoms with Crippen LogP contribution in [0.3, 0.4) is 0 Å². The molecule has 1 heterocycles. The van der Waals surface area contributed by atoms with E-state index in [9.17, 15) is 4.79 Å². The Balaban J connectivity index is 1.60. The van der Waals surface area contributed by atoms with E-state index in [0.29, 0.717) is 49.3 Å². The molecule has 1 aliphatic carbocycles. The minimum Gasteiger partial charge on any atom is -0.493 e. The summed E-state index contributed by atoms with van der Waals surface area (Å²) in [5.41, 5.74) is 3.14. The van der Waals surface area contributed by atoms with Gasteiger partial charge in [0.15, 0.2) is 11.5 Å². The van der Waals surface area contributed by atoms with Crippen molar-refractivity contribution in [3.8, 4) is 11.5 Å². The molecule has 0 spiro atoms. The molecule has 1 aromatic heterocycles. The number of rotatable bonds is 8. The minimum atomic E-state index is -0.320.